The number of hydrogen-bond donors (Lipinski definition) is 1. The summed E-state index contributed by atoms with van der Waals surface area (Å²) in [5.74, 6) is 0. The zero-order valence-corrected chi connectivity index (χ0v) is 11.8. The van der Waals surface area contributed by atoms with Crippen LogP contribution in [0.15, 0.2) is 16.3 Å². The number of nitrogens with two attached hydrogens (primary N) is 1. The van der Waals surface area contributed by atoms with Gasteiger partial charge >= 0.3 is 0 Å². The summed E-state index contributed by atoms with van der Waals surface area (Å²) in [5.41, 5.74) is 5.45. The first kappa shape index (κ1) is 15.9. The van der Waals surface area contributed by atoms with Crippen molar-refractivity contribution in [3.8, 4) is 0 Å². The molecule has 0 saturated heterocycles. The van der Waals surface area contributed by atoms with Gasteiger partial charge in [-0.15, -0.1) is 23.7 Å². The van der Waals surface area contributed by atoms with E-state index in [1.165, 1.54) is 15.6 Å². The highest BCUT2D eigenvalue weighted by molar-refractivity contribution is 7.91. The number of rotatable bonds is 5. The number of thiophene rings is 1. The van der Waals surface area contributed by atoms with Crippen molar-refractivity contribution in [3.05, 3.63) is 17.0 Å². The third-order valence-corrected chi connectivity index (χ3v) is 5.76. The van der Waals surface area contributed by atoms with Crippen molar-refractivity contribution in [2.24, 2.45) is 5.73 Å². The molecule has 1 aromatic rings. The van der Waals surface area contributed by atoms with Gasteiger partial charge in [-0.3, -0.25) is 0 Å². The normalized spacial score (nSPS) is 11.5. The fourth-order valence-electron chi connectivity index (χ4n) is 1.30. The molecule has 7 heteroatoms. The van der Waals surface area contributed by atoms with Crippen LogP contribution < -0.4 is 5.73 Å². The predicted molar refractivity (Wildman–Crippen MR) is 69.6 cm³/mol. The van der Waals surface area contributed by atoms with Crippen molar-refractivity contribution in [3.63, 3.8) is 0 Å². The zero-order chi connectivity index (χ0) is 11.5. The molecule has 0 aliphatic heterocycles. The Bertz CT molecular complexity index is 413. The van der Waals surface area contributed by atoms with Gasteiger partial charge < -0.3 is 5.73 Å². The molecular weight excluding hydrogens is 268 g/mol. The largest absolute Gasteiger partial charge is 0.326 e. The zero-order valence-electron chi connectivity index (χ0n) is 9.34. The highest BCUT2D eigenvalue weighted by Gasteiger charge is 2.22. The summed E-state index contributed by atoms with van der Waals surface area (Å²) in [6.45, 7) is 5.04. The van der Waals surface area contributed by atoms with E-state index in [1.54, 1.807) is 12.1 Å². The Kier molecular flexibility index (Phi) is 6.50. The molecule has 16 heavy (non-hydrogen) atoms. The molecule has 0 bridgehead atoms. The molecule has 0 aliphatic rings. The van der Waals surface area contributed by atoms with Gasteiger partial charge in [-0.25, -0.2) is 8.42 Å². The van der Waals surface area contributed by atoms with Gasteiger partial charge in [0.1, 0.15) is 4.21 Å². The lowest BCUT2D eigenvalue weighted by Crippen LogP contribution is -2.29. The molecule has 2 N–H and O–H groups in total. The Hall–Kier alpha value is -0.140. The van der Waals surface area contributed by atoms with Crippen molar-refractivity contribution < 1.29 is 8.42 Å². The molecule has 0 spiro atoms. The highest BCUT2D eigenvalue weighted by atomic mass is 35.5. The topological polar surface area (TPSA) is 63.4 Å². The van der Waals surface area contributed by atoms with E-state index in [2.05, 4.69) is 0 Å². The van der Waals surface area contributed by atoms with E-state index in [1.807, 2.05) is 13.8 Å². The maximum atomic E-state index is 12.0. The van der Waals surface area contributed by atoms with Crippen LogP contribution in [0.2, 0.25) is 0 Å². The Labute approximate surface area is 107 Å². The van der Waals surface area contributed by atoms with Crippen LogP contribution in [-0.2, 0) is 16.6 Å². The summed E-state index contributed by atoms with van der Waals surface area (Å²) in [6, 6.07) is 3.39. The van der Waals surface area contributed by atoms with Crippen LogP contribution in [-0.4, -0.2) is 25.8 Å². The van der Waals surface area contributed by atoms with Crippen molar-refractivity contribution in [1.82, 2.24) is 4.31 Å². The second-order valence-electron chi connectivity index (χ2n) is 3.01. The Morgan fingerprint density at radius 2 is 1.88 bits per heavy atom. The molecule has 0 fully saturated rings. The SMILES string of the molecule is CCN(CC)S(=O)(=O)c1ccc(CN)s1.Cl. The van der Waals surface area contributed by atoms with Crippen LogP contribution in [0.3, 0.4) is 0 Å². The van der Waals surface area contributed by atoms with Crippen molar-refractivity contribution >= 4 is 33.8 Å². The Morgan fingerprint density at radius 1 is 1.31 bits per heavy atom. The van der Waals surface area contributed by atoms with Gasteiger partial charge in [0.2, 0.25) is 0 Å². The van der Waals surface area contributed by atoms with E-state index in [4.69, 9.17) is 5.73 Å². The Balaban J connectivity index is 0.00000225. The predicted octanol–water partition coefficient (Wildman–Crippen LogP) is 1.66. The van der Waals surface area contributed by atoms with Gasteiger partial charge in [0, 0.05) is 24.5 Å². The molecule has 1 aromatic heterocycles. The van der Waals surface area contributed by atoms with E-state index < -0.39 is 10.0 Å². The summed E-state index contributed by atoms with van der Waals surface area (Å²) < 4.78 is 25.9. The smallest absolute Gasteiger partial charge is 0.252 e. The first-order valence-electron chi connectivity index (χ1n) is 4.85. The van der Waals surface area contributed by atoms with E-state index in [-0.39, 0.29) is 12.4 Å². The molecule has 1 heterocycles. The lowest BCUT2D eigenvalue weighted by Gasteiger charge is -2.16. The first-order chi connectivity index (χ1) is 7.06. The summed E-state index contributed by atoms with van der Waals surface area (Å²) in [5, 5.41) is 0. The summed E-state index contributed by atoms with van der Waals surface area (Å²) >= 11 is 1.24. The van der Waals surface area contributed by atoms with Crippen molar-refractivity contribution in [2.45, 2.75) is 24.6 Å². The minimum Gasteiger partial charge on any atom is -0.326 e. The van der Waals surface area contributed by atoms with Crippen LogP contribution in [0.5, 0.6) is 0 Å². The van der Waals surface area contributed by atoms with Crippen LogP contribution in [0, 0.1) is 0 Å². The summed E-state index contributed by atoms with van der Waals surface area (Å²) in [6.07, 6.45) is 0. The first-order valence-corrected chi connectivity index (χ1v) is 7.10. The summed E-state index contributed by atoms with van der Waals surface area (Å²) in [7, 11) is -3.29. The molecule has 1 rings (SSSR count). The molecule has 0 saturated carbocycles. The number of nitrogens with zero attached hydrogens (tertiary/aromatic N) is 1. The second-order valence-corrected chi connectivity index (χ2v) is 6.35. The highest BCUT2D eigenvalue weighted by Crippen LogP contribution is 2.24. The molecule has 0 aliphatic carbocycles. The standard InChI is InChI=1S/C9H16N2O2S2.ClH/c1-3-11(4-2)15(12,13)9-6-5-8(7-10)14-9;/h5-6H,3-4,7,10H2,1-2H3;1H. The molecule has 0 amide bonds. The third kappa shape index (κ3) is 3.18. The maximum absolute atomic E-state index is 12.0. The van der Waals surface area contributed by atoms with Gasteiger partial charge in [-0.2, -0.15) is 4.31 Å². The van der Waals surface area contributed by atoms with Gasteiger partial charge in [0.15, 0.2) is 0 Å². The molecule has 0 atom stereocenters. The molecule has 0 radical (unpaired) electrons. The Morgan fingerprint density at radius 3 is 2.25 bits per heavy atom. The van der Waals surface area contributed by atoms with Crippen molar-refractivity contribution in [1.29, 1.82) is 0 Å². The molecular formula is C9H17ClN2O2S2. The fraction of sp³-hybridized carbons (Fsp3) is 0.556. The van der Waals surface area contributed by atoms with E-state index >= 15 is 0 Å². The van der Waals surface area contributed by atoms with E-state index in [0.29, 0.717) is 23.8 Å². The van der Waals surface area contributed by atoms with Gasteiger partial charge in [-0.05, 0) is 12.1 Å². The maximum Gasteiger partial charge on any atom is 0.252 e. The average Bonchev–Trinajstić information content (AvgIpc) is 2.67. The van der Waals surface area contributed by atoms with Gasteiger partial charge in [0.25, 0.3) is 10.0 Å². The monoisotopic (exact) mass is 284 g/mol. The van der Waals surface area contributed by atoms with E-state index in [0.717, 1.165) is 4.88 Å². The molecule has 0 unspecified atom stereocenters. The molecule has 94 valence electrons. The van der Waals surface area contributed by atoms with Gasteiger partial charge in [-0.1, -0.05) is 13.8 Å². The third-order valence-electron chi connectivity index (χ3n) is 2.14. The molecule has 0 aromatic carbocycles. The lowest BCUT2D eigenvalue weighted by molar-refractivity contribution is 0.447. The molecule has 4 nitrogen and oxygen atoms in total. The number of hydrogen-bond acceptors (Lipinski definition) is 4. The van der Waals surface area contributed by atoms with E-state index in [9.17, 15) is 8.42 Å². The minimum atomic E-state index is -3.29. The van der Waals surface area contributed by atoms with Crippen LogP contribution >= 0.6 is 23.7 Å². The summed E-state index contributed by atoms with van der Waals surface area (Å²) in [4.78, 5) is 0.890. The lowest BCUT2D eigenvalue weighted by atomic mass is 10.5. The number of sulfonamides is 1. The van der Waals surface area contributed by atoms with Crippen LogP contribution in [0.25, 0.3) is 0 Å². The number of halogens is 1. The fourth-order valence-corrected chi connectivity index (χ4v) is 4.14. The second kappa shape index (κ2) is 6.56. The average molecular weight is 285 g/mol. The van der Waals surface area contributed by atoms with Crippen LogP contribution in [0.1, 0.15) is 18.7 Å². The van der Waals surface area contributed by atoms with Crippen LogP contribution in [0.4, 0.5) is 0 Å². The van der Waals surface area contributed by atoms with Gasteiger partial charge in [0.05, 0.1) is 0 Å². The minimum absolute atomic E-state index is 0. The quantitative estimate of drug-likeness (QED) is 0.894. The van der Waals surface area contributed by atoms with Crippen molar-refractivity contribution in [2.75, 3.05) is 13.1 Å².